The Balaban J connectivity index is 2.09. The number of rotatable bonds is 3. The maximum absolute atomic E-state index is 13.3. The minimum atomic E-state index is -0.693. The molecule has 4 aromatic rings. The zero-order valence-corrected chi connectivity index (χ0v) is 16.6. The Kier molecular flexibility index (Phi) is 4.31. The van der Waals surface area contributed by atoms with Crippen LogP contribution in [0.25, 0.3) is 31.5 Å². The van der Waals surface area contributed by atoms with Gasteiger partial charge < -0.3 is 19.7 Å². The van der Waals surface area contributed by atoms with Crippen molar-refractivity contribution in [3.8, 4) is 27.7 Å². The molecule has 0 saturated carbocycles. The number of aryl methyl sites for hydroxylation is 1. The second-order valence-corrected chi connectivity index (χ2v) is 8.42. The van der Waals surface area contributed by atoms with Crippen LogP contribution in [0.2, 0.25) is 0 Å². The Morgan fingerprint density at radius 2 is 1.79 bits per heavy atom. The summed E-state index contributed by atoms with van der Waals surface area (Å²) in [6.45, 7) is 5.60. The van der Waals surface area contributed by atoms with Crippen molar-refractivity contribution in [1.29, 1.82) is 0 Å². The smallest absolute Gasteiger partial charge is 0.205 e. The molecule has 0 unspecified atom stereocenters. The maximum atomic E-state index is 13.3. The zero-order valence-electron chi connectivity index (χ0n) is 15.7. The lowest BCUT2D eigenvalue weighted by molar-refractivity contribution is 0.365. The van der Waals surface area contributed by atoms with E-state index in [2.05, 4.69) is 0 Å². The van der Waals surface area contributed by atoms with Gasteiger partial charge in [0.05, 0.1) is 5.56 Å². The SMILES string of the molecule is Cc1oc2c(CC(C)C)c(O)c(O)c(O)c2c(=O)c1-c1cc2ccccc2s1. The number of hydrogen-bond acceptors (Lipinski definition) is 6. The van der Waals surface area contributed by atoms with E-state index in [0.29, 0.717) is 23.3 Å². The Hall–Kier alpha value is -2.99. The van der Waals surface area contributed by atoms with Crippen molar-refractivity contribution in [3.05, 3.63) is 51.9 Å². The molecular formula is C22H20O5S. The van der Waals surface area contributed by atoms with E-state index in [0.717, 1.165) is 15.0 Å². The summed E-state index contributed by atoms with van der Waals surface area (Å²) in [7, 11) is 0. The van der Waals surface area contributed by atoms with Crippen LogP contribution in [0.4, 0.5) is 0 Å². The van der Waals surface area contributed by atoms with Crippen LogP contribution in [0, 0.1) is 12.8 Å². The topological polar surface area (TPSA) is 90.9 Å². The van der Waals surface area contributed by atoms with Crippen LogP contribution in [0.15, 0.2) is 39.5 Å². The number of aromatic hydroxyl groups is 3. The molecule has 0 atom stereocenters. The lowest BCUT2D eigenvalue weighted by atomic mass is 9.97. The van der Waals surface area contributed by atoms with Gasteiger partial charge in [-0.2, -0.15) is 0 Å². The fourth-order valence-corrected chi connectivity index (χ4v) is 4.69. The van der Waals surface area contributed by atoms with E-state index in [9.17, 15) is 20.1 Å². The lowest BCUT2D eigenvalue weighted by Gasteiger charge is -2.15. The molecule has 0 fully saturated rings. The molecule has 2 heterocycles. The van der Waals surface area contributed by atoms with Gasteiger partial charge in [-0.25, -0.2) is 0 Å². The predicted octanol–water partition coefficient (Wildman–Crippen LogP) is 5.30. The van der Waals surface area contributed by atoms with E-state index in [4.69, 9.17) is 4.42 Å². The molecule has 144 valence electrons. The molecule has 0 saturated heterocycles. The minimum Gasteiger partial charge on any atom is -0.504 e. The molecule has 2 aromatic heterocycles. The van der Waals surface area contributed by atoms with Gasteiger partial charge >= 0.3 is 0 Å². The summed E-state index contributed by atoms with van der Waals surface area (Å²) < 4.78 is 6.99. The number of fused-ring (bicyclic) bond motifs is 2. The first-order valence-corrected chi connectivity index (χ1v) is 9.83. The highest BCUT2D eigenvalue weighted by atomic mass is 32.1. The van der Waals surface area contributed by atoms with Gasteiger partial charge in [0.15, 0.2) is 11.5 Å². The molecule has 0 aliphatic rings. The molecule has 28 heavy (non-hydrogen) atoms. The van der Waals surface area contributed by atoms with E-state index >= 15 is 0 Å². The molecule has 0 bridgehead atoms. The van der Waals surface area contributed by atoms with Crippen LogP contribution in [-0.2, 0) is 6.42 Å². The van der Waals surface area contributed by atoms with Gasteiger partial charge in [0, 0.05) is 15.1 Å². The highest BCUT2D eigenvalue weighted by Crippen LogP contribution is 2.46. The molecule has 3 N–H and O–H groups in total. The second-order valence-electron chi connectivity index (χ2n) is 7.34. The van der Waals surface area contributed by atoms with Crippen molar-refractivity contribution in [3.63, 3.8) is 0 Å². The van der Waals surface area contributed by atoms with E-state index in [-0.39, 0.29) is 16.9 Å². The molecule has 2 aromatic carbocycles. The van der Waals surface area contributed by atoms with Crippen molar-refractivity contribution in [2.24, 2.45) is 5.92 Å². The molecule has 6 heteroatoms. The van der Waals surface area contributed by atoms with E-state index in [1.54, 1.807) is 6.92 Å². The van der Waals surface area contributed by atoms with Gasteiger partial charge in [0.2, 0.25) is 11.2 Å². The monoisotopic (exact) mass is 396 g/mol. The molecule has 0 radical (unpaired) electrons. The molecular weight excluding hydrogens is 376 g/mol. The fourth-order valence-electron chi connectivity index (χ4n) is 3.54. The van der Waals surface area contributed by atoms with E-state index in [1.807, 2.05) is 44.2 Å². The van der Waals surface area contributed by atoms with E-state index < -0.39 is 22.7 Å². The molecule has 0 aliphatic carbocycles. The summed E-state index contributed by atoms with van der Waals surface area (Å²) >= 11 is 1.46. The Morgan fingerprint density at radius 3 is 2.46 bits per heavy atom. The highest BCUT2D eigenvalue weighted by Gasteiger charge is 2.26. The quantitative estimate of drug-likeness (QED) is 0.409. The van der Waals surface area contributed by atoms with Gasteiger partial charge in [-0.3, -0.25) is 4.79 Å². The standard InChI is InChI=1S/C22H20O5S/c1-10(2)8-13-18(23)21(26)20(25)17-19(24)16(11(3)27-22(13)17)15-9-12-6-4-5-7-14(12)28-15/h4-7,9-10,23,25-26H,8H2,1-3H3. The molecule has 0 aliphatic heterocycles. The Bertz CT molecular complexity index is 1250. The lowest BCUT2D eigenvalue weighted by Crippen LogP contribution is -2.09. The highest BCUT2D eigenvalue weighted by molar-refractivity contribution is 7.22. The fraction of sp³-hybridized carbons (Fsp3) is 0.227. The van der Waals surface area contributed by atoms with Crippen LogP contribution in [0.1, 0.15) is 25.2 Å². The number of thiophene rings is 1. The van der Waals surface area contributed by atoms with Crippen molar-refractivity contribution >= 4 is 32.4 Å². The van der Waals surface area contributed by atoms with Crippen molar-refractivity contribution in [2.45, 2.75) is 27.2 Å². The van der Waals surface area contributed by atoms with Crippen LogP contribution in [-0.4, -0.2) is 15.3 Å². The number of hydrogen-bond donors (Lipinski definition) is 3. The number of phenols is 3. The third kappa shape index (κ3) is 2.72. The Morgan fingerprint density at radius 1 is 1.07 bits per heavy atom. The van der Waals surface area contributed by atoms with Gasteiger partial charge in [-0.05, 0) is 36.8 Å². The van der Waals surface area contributed by atoms with Crippen molar-refractivity contribution in [2.75, 3.05) is 0 Å². The second kappa shape index (κ2) is 6.56. The average Bonchev–Trinajstić information content (AvgIpc) is 3.06. The van der Waals surface area contributed by atoms with Crippen LogP contribution >= 0.6 is 11.3 Å². The third-order valence-corrected chi connectivity index (χ3v) is 5.95. The predicted molar refractivity (Wildman–Crippen MR) is 112 cm³/mol. The van der Waals surface area contributed by atoms with Crippen molar-refractivity contribution < 1.29 is 19.7 Å². The zero-order chi connectivity index (χ0) is 20.2. The largest absolute Gasteiger partial charge is 0.504 e. The van der Waals surface area contributed by atoms with Crippen LogP contribution in [0.5, 0.6) is 17.2 Å². The summed E-state index contributed by atoms with van der Waals surface area (Å²) in [5.74, 6) is -1.25. The molecule has 4 rings (SSSR count). The normalized spacial score (nSPS) is 11.7. The number of phenolic OH excluding ortho intramolecular Hbond substituents is 3. The first-order chi connectivity index (χ1) is 13.3. The number of benzene rings is 2. The van der Waals surface area contributed by atoms with Gasteiger partial charge in [0.1, 0.15) is 16.7 Å². The molecule has 0 spiro atoms. The molecule has 0 amide bonds. The van der Waals surface area contributed by atoms with Gasteiger partial charge in [-0.15, -0.1) is 11.3 Å². The summed E-state index contributed by atoms with van der Waals surface area (Å²) in [6.07, 6.45) is 0.390. The van der Waals surface area contributed by atoms with Crippen LogP contribution in [0.3, 0.4) is 0 Å². The van der Waals surface area contributed by atoms with Crippen molar-refractivity contribution in [1.82, 2.24) is 0 Å². The summed E-state index contributed by atoms with van der Waals surface area (Å²) in [5.41, 5.74) is 0.366. The van der Waals surface area contributed by atoms with Crippen LogP contribution < -0.4 is 5.43 Å². The van der Waals surface area contributed by atoms with Gasteiger partial charge in [-0.1, -0.05) is 32.0 Å². The first-order valence-electron chi connectivity index (χ1n) is 9.01. The maximum Gasteiger partial charge on any atom is 0.205 e. The summed E-state index contributed by atoms with van der Waals surface area (Å²) in [4.78, 5) is 14.1. The van der Waals surface area contributed by atoms with Gasteiger partial charge in [0.25, 0.3) is 0 Å². The molecule has 5 nitrogen and oxygen atoms in total. The summed E-state index contributed by atoms with van der Waals surface area (Å²) in [5, 5.41) is 31.8. The van der Waals surface area contributed by atoms with E-state index in [1.165, 1.54) is 11.3 Å². The average molecular weight is 396 g/mol. The summed E-state index contributed by atoms with van der Waals surface area (Å²) in [6, 6.07) is 9.72. The minimum absolute atomic E-state index is 0.107. The Labute approximate surface area is 165 Å². The third-order valence-electron chi connectivity index (χ3n) is 4.82. The first kappa shape index (κ1) is 18.4.